The van der Waals surface area contributed by atoms with Gasteiger partial charge in [-0.2, -0.15) is 4.39 Å². The summed E-state index contributed by atoms with van der Waals surface area (Å²) in [5.41, 5.74) is 7.38. The molecular weight excluding hydrogens is 225 g/mol. The van der Waals surface area contributed by atoms with E-state index in [1.807, 2.05) is 0 Å². The van der Waals surface area contributed by atoms with Crippen molar-refractivity contribution in [2.45, 2.75) is 20.1 Å². The molecule has 0 aliphatic heterocycles. The van der Waals surface area contributed by atoms with Crippen molar-refractivity contribution in [3.8, 4) is 11.1 Å². The second-order valence-corrected chi connectivity index (χ2v) is 3.56. The van der Waals surface area contributed by atoms with Gasteiger partial charge in [0.1, 0.15) is 0 Å². The zero-order valence-electron chi connectivity index (χ0n) is 9.27. The van der Waals surface area contributed by atoms with E-state index >= 15 is 0 Å². The van der Waals surface area contributed by atoms with Crippen LogP contribution in [0.4, 0.5) is 4.39 Å². The summed E-state index contributed by atoms with van der Waals surface area (Å²) in [6.07, 6.45) is 1.33. The second kappa shape index (κ2) is 4.60. The molecule has 0 amide bonds. The first-order chi connectivity index (χ1) is 8.19. The highest BCUT2D eigenvalue weighted by Gasteiger charge is 2.19. The Morgan fingerprint density at radius 2 is 2.29 bits per heavy atom. The second-order valence-electron chi connectivity index (χ2n) is 3.56. The summed E-state index contributed by atoms with van der Waals surface area (Å²) < 4.78 is 18.5. The van der Waals surface area contributed by atoms with Crippen LogP contribution >= 0.6 is 0 Å². The molecule has 2 aromatic heterocycles. The highest BCUT2D eigenvalue weighted by molar-refractivity contribution is 5.70. The maximum atomic E-state index is 13.5. The minimum absolute atomic E-state index is 0.119. The van der Waals surface area contributed by atoms with Crippen LogP contribution in [0.5, 0.6) is 0 Å². The smallest absolute Gasteiger partial charge is 0.218 e. The van der Waals surface area contributed by atoms with Crippen LogP contribution in [0, 0.1) is 12.9 Å². The topological polar surface area (TPSA) is 85.2 Å². The van der Waals surface area contributed by atoms with E-state index in [4.69, 9.17) is 10.3 Å². The third kappa shape index (κ3) is 1.92. The predicted octanol–water partition coefficient (Wildman–Crippen LogP) is 1.14. The molecule has 17 heavy (non-hydrogen) atoms. The monoisotopic (exact) mass is 237 g/mol. The summed E-state index contributed by atoms with van der Waals surface area (Å²) in [5, 5.41) is 13.0. The van der Waals surface area contributed by atoms with Crippen LogP contribution in [-0.2, 0) is 13.2 Å². The van der Waals surface area contributed by atoms with E-state index in [-0.39, 0.29) is 12.1 Å². The highest BCUT2D eigenvalue weighted by atomic mass is 19.1. The van der Waals surface area contributed by atoms with E-state index in [0.717, 1.165) is 0 Å². The number of pyridine rings is 1. The summed E-state index contributed by atoms with van der Waals surface area (Å²) in [5.74, 6) is -0.239. The Labute approximate surface area is 97.1 Å². The van der Waals surface area contributed by atoms with Crippen LogP contribution in [0.15, 0.2) is 16.8 Å². The molecule has 6 heteroatoms. The van der Waals surface area contributed by atoms with Gasteiger partial charge in [-0.25, -0.2) is 4.98 Å². The van der Waals surface area contributed by atoms with Crippen molar-refractivity contribution in [3.05, 3.63) is 35.2 Å². The lowest BCUT2D eigenvalue weighted by atomic mass is 10.00. The third-order valence-electron chi connectivity index (χ3n) is 2.55. The van der Waals surface area contributed by atoms with Gasteiger partial charge in [0.25, 0.3) is 0 Å². The molecule has 0 radical (unpaired) electrons. The normalized spacial score (nSPS) is 10.8. The fraction of sp³-hybridized carbons (Fsp3) is 0.273. The first-order valence-electron chi connectivity index (χ1n) is 5.08. The Morgan fingerprint density at radius 1 is 1.53 bits per heavy atom. The molecule has 2 rings (SSSR count). The Morgan fingerprint density at radius 3 is 2.94 bits per heavy atom. The summed E-state index contributed by atoms with van der Waals surface area (Å²) in [4.78, 5) is 3.50. The van der Waals surface area contributed by atoms with Crippen molar-refractivity contribution in [2.24, 2.45) is 5.73 Å². The predicted molar refractivity (Wildman–Crippen MR) is 58.2 cm³/mol. The number of hydrogen-bond acceptors (Lipinski definition) is 5. The molecule has 0 aromatic carbocycles. The molecule has 90 valence electrons. The molecule has 0 atom stereocenters. The van der Waals surface area contributed by atoms with Crippen LogP contribution in [0.2, 0.25) is 0 Å². The Balaban J connectivity index is 2.67. The number of hydrogen-bond donors (Lipinski definition) is 2. The van der Waals surface area contributed by atoms with Gasteiger partial charge in [-0.05, 0) is 18.6 Å². The van der Waals surface area contributed by atoms with Crippen molar-refractivity contribution >= 4 is 0 Å². The summed E-state index contributed by atoms with van der Waals surface area (Å²) in [6, 6.07) is 1.60. The first kappa shape index (κ1) is 11.7. The van der Waals surface area contributed by atoms with Gasteiger partial charge >= 0.3 is 0 Å². The maximum Gasteiger partial charge on any atom is 0.218 e. The molecule has 3 N–H and O–H groups in total. The van der Waals surface area contributed by atoms with Gasteiger partial charge < -0.3 is 15.4 Å². The molecule has 5 nitrogen and oxygen atoms in total. The van der Waals surface area contributed by atoms with Gasteiger partial charge in [0, 0.05) is 17.3 Å². The molecule has 0 saturated heterocycles. The van der Waals surface area contributed by atoms with Crippen LogP contribution in [-0.4, -0.2) is 15.2 Å². The molecule has 0 aliphatic carbocycles. The summed E-state index contributed by atoms with van der Waals surface area (Å²) >= 11 is 0. The fourth-order valence-electron chi connectivity index (χ4n) is 1.75. The number of rotatable bonds is 3. The fourth-order valence-corrected chi connectivity index (χ4v) is 1.75. The van der Waals surface area contributed by atoms with Crippen molar-refractivity contribution in [1.29, 1.82) is 0 Å². The molecule has 0 fully saturated rings. The molecule has 2 aromatic rings. The van der Waals surface area contributed by atoms with Crippen molar-refractivity contribution in [2.75, 3.05) is 0 Å². The number of aliphatic hydroxyl groups is 1. The average molecular weight is 237 g/mol. The van der Waals surface area contributed by atoms with E-state index in [0.29, 0.717) is 22.6 Å². The minimum Gasteiger partial charge on any atom is -0.391 e. The molecule has 0 unspecified atom stereocenters. The molecule has 0 spiro atoms. The SMILES string of the molecule is Cc1noc(CN)c1-c1ccnc(F)c1CO. The van der Waals surface area contributed by atoms with Crippen LogP contribution in [0.1, 0.15) is 17.0 Å². The van der Waals surface area contributed by atoms with Gasteiger partial charge in [-0.15, -0.1) is 0 Å². The van der Waals surface area contributed by atoms with E-state index in [9.17, 15) is 9.50 Å². The van der Waals surface area contributed by atoms with Crippen molar-refractivity contribution in [3.63, 3.8) is 0 Å². The number of aromatic nitrogens is 2. The van der Waals surface area contributed by atoms with Crippen molar-refractivity contribution < 1.29 is 14.0 Å². The maximum absolute atomic E-state index is 13.5. The Bertz CT molecular complexity index is 540. The quantitative estimate of drug-likeness (QED) is 0.782. The minimum atomic E-state index is -0.700. The number of aliphatic hydroxyl groups excluding tert-OH is 1. The summed E-state index contributed by atoms with van der Waals surface area (Å²) in [7, 11) is 0. The van der Waals surface area contributed by atoms with Gasteiger partial charge in [0.2, 0.25) is 5.95 Å². The first-order valence-corrected chi connectivity index (χ1v) is 5.08. The zero-order chi connectivity index (χ0) is 12.4. The number of nitrogens with two attached hydrogens (primary N) is 1. The lowest BCUT2D eigenvalue weighted by Crippen LogP contribution is -2.01. The standard InChI is InChI=1S/C11H12FN3O2/c1-6-10(9(4-13)17-15-6)7-2-3-14-11(12)8(7)5-16/h2-3,16H,4-5,13H2,1H3. The molecule has 0 aliphatic rings. The van der Waals surface area contributed by atoms with Crippen molar-refractivity contribution in [1.82, 2.24) is 10.1 Å². The number of aryl methyl sites for hydroxylation is 1. The lowest BCUT2D eigenvalue weighted by molar-refractivity contribution is 0.274. The summed E-state index contributed by atoms with van der Waals surface area (Å²) in [6.45, 7) is 1.45. The van der Waals surface area contributed by atoms with E-state index in [2.05, 4.69) is 10.1 Å². The van der Waals surface area contributed by atoms with E-state index in [1.165, 1.54) is 6.20 Å². The number of nitrogens with zero attached hydrogens (tertiary/aromatic N) is 2. The zero-order valence-corrected chi connectivity index (χ0v) is 9.27. The molecule has 2 heterocycles. The third-order valence-corrected chi connectivity index (χ3v) is 2.55. The van der Waals surface area contributed by atoms with Gasteiger partial charge in [0.15, 0.2) is 5.76 Å². The van der Waals surface area contributed by atoms with E-state index < -0.39 is 12.6 Å². The van der Waals surface area contributed by atoms with E-state index in [1.54, 1.807) is 13.0 Å². The van der Waals surface area contributed by atoms with Gasteiger partial charge in [-0.1, -0.05) is 5.16 Å². The Hall–Kier alpha value is -1.79. The molecule has 0 saturated carbocycles. The van der Waals surface area contributed by atoms with Crippen LogP contribution in [0.3, 0.4) is 0 Å². The lowest BCUT2D eigenvalue weighted by Gasteiger charge is -2.07. The van der Waals surface area contributed by atoms with Gasteiger partial charge in [-0.3, -0.25) is 0 Å². The molecule has 0 bridgehead atoms. The van der Waals surface area contributed by atoms with Crippen LogP contribution in [0.25, 0.3) is 11.1 Å². The highest BCUT2D eigenvalue weighted by Crippen LogP contribution is 2.30. The van der Waals surface area contributed by atoms with Crippen LogP contribution < -0.4 is 5.73 Å². The Kier molecular flexibility index (Phi) is 3.16. The molecular formula is C11H12FN3O2. The largest absolute Gasteiger partial charge is 0.391 e. The number of halogens is 1. The average Bonchev–Trinajstić information content (AvgIpc) is 2.70. The van der Waals surface area contributed by atoms with Gasteiger partial charge in [0.05, 0.1) is 18.8 Å².